The van der Waals surface area contributed by atoms with Crippen molar-refractivity contribution in [3.05, 3.63) is 52.5 Å². The van der Waals surface area contributed by atoms with E-state index in [-0.39, 0.29) is 5.91 Å². The first-order valence-corrected chi connectivity index (χ1v) is 8.25. The number of rotatable bonds is 8. The lowest BCUT2D eigenvalue weighted by Gasteiger charge is -2.14. The maximum Gasteiger partial charge on any atom is 0.220 e. The van der Waals surface area contributed by atoms with Gasteiger partial charge in [0.1, 0.15) is 0 Å². The molecule has 0 aliphatic carbocycles. The first-order valence-electron chi connectivity index (χ1n) is 7.87. The molecular weight excluding hydrogens is 342 g/mol. The Balaban J connectivity index is 1.93. The summed E-state index contributed by atoms with van der Waals surface area (Å²) in [6, 6.07) is 11.1. The molecule has 25 heavy (non-hydrogen) atoms. The van der Waals surface area contributed by atoms with Gasteiger partial charge in [-0.05, 0) is 41.8 Å². The van der Waals surface area contributed by atoms with Gasteiger partial charge in [-0.1, -0.05) is 23.7 Å². The maximum absolute atomic E-state index is 12.1. The zero-order chi connectivity index (χ0) is 18.2. The molecule has 2 rings (SSSR count). The Morgan fingerprint density at radius 1 is 0.960 bits per heavy atom. The largest absolute Gasteiger partial charge is 0.493 e. The maximum atomic E-state index is 12.1. The van der Waals surface area contributed by atoms with Gasteiger partial charge in [0.2, 0.25) is 11.7 Å². The monoisotopic (exact) mass is 363 g/mol. The minimum absolute atomic E-state index is 0.0244. The normalized spacial score (nSPS) is 10.2. The minimum atomic E-state index is -0.0244. The Morgan fingerprint density at radius 3 is 2.08 bits per heavy atom. The molecule has 134 valence electrons. The molecule has 1 N–H and O–H groups in total. The van der Waals surface area contributed by atoms with Crippen LogP contribution >= 0.6 is 11.6 Å². The van der Waals surface area contributed by atoms with Gasteiger partial charge in [0.25, 0.3) is 0 Å². The number of carbonyl (C=O) groups excluding carboxylic acids is 1. The van der Waals surface area contributed by atoms with Crippen molar-refractivity contribution >= 4 is 17.5 Å². The molecule has 5 nitrogen and oxygen atoms in total. The third-order valence-corrected chi connectivity index (χ3v) is 4.02. The van der Waals surface area contributed by atoms with Crippen LogP contribution in [0.5, 0.6) is 17.2 Å². The topological polar surface area (TPSA) is 56.8 Å². The van der Waals surface area contributed by atoms with E-state index in [9.17, 15) is 4.79 Å². The molecule has 6 heteroatoms. The number of hydrogen-bond donors (Lipinski definition) is 1. The third kappa shape index (κ3) is 5.29. The van der Waals surface area contributed by atoms with Gasteiger partial charge < -0.3 is 19.5 Å². The summed E-state index contributed by atoms with van der Waals surface area (Å²) in [6.07, 6.45) is 1.07. The molecule has 0 bridgehead atoms. The molecule has 0 radical (unpaired) electrons. The van der Waals surface area contributed by atoms with Crippen LogP contribution in [0.4, 0.5) is 0 Å². The quantitative estimate of drug-likeness (QED) is 0.778. The number of hydrogen-bond acceptors (Lipinski definition) is 4. The summed E-state index contributed by atoms with van der Waals surface area (Å²) in [5, 5.41) is 3.59. The lowest BCUT2D eigenvalue weighted by Crippen LogP contribution is -2.23. The molecule has 0 aliphatic rings. The molecule has 0 aromatic heterocycles. The summed E-state index contributed by atoms with van der Waals surface area (Å²) in [6.45, 7) is 0.385. The second-order valence-electron chi connectivity index (χ2n) is 5.44. The lowest BCUT2D eigenvalue weighted by molar-refractivity contribution is -0.121. The molecular formula is C19H22ClNO4. The first kappa shape index (κ1) is 18.9. The predicted molar refractivity (Wildman–Crippen MR) is 97.7 cm³/mol. The molecule has 2 aromatic rings. The van der Waals surface area contributed by atoms with Gasteiger partial charge in [0, 0.05) is 18.0 Å². The van der Waals surface area contributed by atoms with Crippen LogP contribution in [0.3, 0.4) is 0 Å². The molecule has 0 unspecified atom stereocenters. The number of benzene rings is 2. The molecule has 0 aliphatic heterocycles. The molecule has 0 spiro atoms. The Kier molecular flexibility index (Phi) is 6.95. The number of amides is 1. The highest BCUT2D eigenvalue weighted by molar-refractivity contribution is 6.30. The smallest absolute Gasteiger partial charge is 0.220 e. The summed E-state index contributed by atoms with van der Waals surface area (Å²) in [5.41, 5.74) is 1.95. The van der Waals surface area contributed by atoms with Crippen LogP contribution in [0.1, 0.15) is 17.5 Å². The van der Waals surface area contributed by atoms with Gasteiger partial charge in [-0.15, -0.1) is 0 Å². The number of carbonyl (C=O) groups is 1. The molecule has 0 atom stereocenters. The van der Waals surface area contributed by atoms with E-state index < -0.39 is 0 Å². The highest BCUT2D eigenvalue weighted by atomic mass is 35.5. The summed E-state index contributed by atoms with van der Waals surface area (Å²) in [4.78, 5) is 12.1. The highest BCUT2D eigenvalue weighted by Crippen LogP contribution is 2.38. The number of ether oxygens (including phenoxy) is 3. The van der Waals surface area contributed by atoms with Gasteiger partial charge in [-0.25, -0.2) is 0 Å². The Bertz CT molecular complexity index is 691. The second-order valence-corrected chi connectivity index (χ2v) is 5.87. The van der Waals surface area contributed by atoms with Crippen molar-refractivity contribution in [2.45, 2.75) is 19.4 Å². The number of nitrogens with one attached hydrogen (secondary N) is 1. The first-order chi connectivity index (χ1) is 12.1. The van der Waals surface area contributed by atoms with Crippen molar-refractivity contribution in [1.82, 2.24) is 5.32 Å². The zero-order valence-electron chi connectivity index (χ0n) is 14.6. The van der Waals surface area contributed by atoms with Crippen molar-refractivity contribution in [1.29, 1.82) is 0 Å². The zero-order valence-corrected chi connectivity index (χ0v) is 15.4. The Labute approximate surface area is 152 Å². The van der Waals surface area contributed by atoms with Crippen LogP contribution in [-0.2, 0) is 17.8 Å². The van der Waals surface area contributed by atoms with Gasteiger partial charge in [-0.3, -0.25) is 4.79 Å². The van der Waals surface area contributed by atoms with E-state index >= 15 is 0 Å². The van der Waals surface area contributed by atoms with Crippen LogP contribution in [0.15, 0.2) is 36.4 Å². The van der Waals surface area contributed by atoms with Gasteiger partial charge in [0.05, 0.1) is 21.3 Å². The molecule has 0 heterocycles. The number of aryl methyl sites for hydroxylation is 1. The van der Waals surface area contributed by atoms with Gasteiger partial charge >= 0.3 is 0 Å². The van der Waals surface area contributed by atoms with E-state index in [1.807, 2.05) is 36.4 Å². The fourth-order valence-electron chi connectivity index (χ4n) is 2.44. The predicted octanol–water partition coefficient (Wildman–Crippen LogP) is 3.61. The Hall–Kier alpha value is -2.40. The summed E-state index contributed by atoms with van der Waals surface area (Å²) in [5.74, 6) is 1.63. The molecule has 0 saturated carbocycles. The molecule has 2 aromatic carbocycles. The van der Waals surface area contributed by atoms with E-state index in [1.54, 1.807) is 21.3 Å². The average Bonchev–Trinajstić information content (AvgIpc) is 2.64. The van der Waals surface area contributed by atoms with Crippen molar-refractivity contribution in [2.24, 2.45) is 0 Å². The van der Waals surface area contributed by atoms with Crippen molar-refractivity contribution in [3.8, 4) is 17.2 Å². The van der Waals surface area contributed by atoms with E-state index in [0.717, 1.165) is 11.1 Å². The van der Waals surface area contributed by atoms with E-state index in [1.165, 1.54) is 0 Å². The molecule has 1 amide bonds. The molecule has 0 fully saturated rings. The summed E-state index contributed by atoms with van der Waals surface area (Å²) in [7, 11) is 4.68. The average molecular weight is 364 g/mol. The van der Waals surface area contributed by atoms with Gasteiger partial charge in [-0.2, -0.15) is 0 Å². The van der Waals surface area contributed by atoms with E-state index in [0.29, 0.717) is 41.7 Å². The fraction of sp³-hybridized carbons (Fsp3) is 0.316. The van der Waals surface area contributed by atoms with Crippen LogP contribution < -0.4 is 19.5 Å². The summed E-state index contributed by atoms with van der Waals surface area (Å²) >= 11 is 5.85. The van der Waals surface area contributed by atoms with Gasteiger partial charge in [0.15, 0.2) is 11.5 Å². The van der Waals surface area contributed by atoms with E-state index in [2.05, 4.69) is 5.32 Å². The van der Waals surface area contributed by atoms with E-state index in [4.69, 9.17) is 25.8 Å². The standard InChI is InChI=1S/C19H22ClNO4/c1-23-16-10-14(11-17(24-2)19(16)25-3)12-21-18(22)9-6-13-4-7-15(20)8-5-13/h4-5,7-8,10-11H,6,9,12H2,1-3H3,(H,21,22). The number of halogens is 1. The van der Waals surface area contributed by atoms with Crippen molar-refractivity contribution < 1.29 is 19.0 Å². The lowest BCUT2D eigenvalue weighted by atomic mass is 10.1. The highest BCUT2D eigenvalue weighted by Gasteiger charge is 2.13. The van der Waals surface area contributed by atoms with Crippen LogP contribution in [0.2, 0.25) is 5.02 Å². The summed E-state index contributed by atoms with van der Waals surface area (Å²) < 4.78 is 15.9. The third-order valence-electron chi connectivity index (χ3n) is 3.77. The SMILES string of the molecule is COc1cc(CNC(=O)CCc2ccc(Cl)cc2)cc(OC)c1OC. The van der Waals surface area contributed by atoms with Crippen LogP contribution in [-0.4, -0.2) is 27.2 Å². The van der Waals surface area contributed by atoms with Crippen molar-refractivity contribution in [2.75, 3.05) is 21.3 Å². The number of methoxy groups -OCH3 is 3. The van der Waals surface area contributed by atoms with Crippen molar-refractivity contribution in [3.63, 3.8) is 0 Å². The molecule has 0 saturated heterocycles. The Morgan fingerprint density at radius 2 is 1.56 bits per heavy atom. The fourth-order valence-corrected chi connectivity index (χ4v) is 2.56. The minimum Gasteiger partial charge on any atom is -0.493 e. The van der Waals surface area contributed by atoms with Crippen LogP contribution in [0.25, 0.3) is 0 Å². The second kappa shape index (κ2) is 9.18. The van der Waals surface area contributed by atoms with Crippen LogP contribution in [0, 0.1) is 0 Å².